The summed E-state index contributed by atoms with van der Waals surface area (Å²) >= 11 is 0. The van der Waals surface area contributed by atoms with Crippen molar-refractivity contribution in [2.24, 2.45) is 0 Å². The van der Waals surface area contributed by atoms with E-state index < -0.39 is 42.5 Å². The van der Waals surface area contributed by atoms with E-state index in [2.05, 4.69) is 4.72 Å². The van der Waals surface area contributed by atoms with E-state index in [1.165, 1.54) is 12.1 Å². The molecule has 0 amide bonds. The van der Waals surface area contributed by atoms with Gasteiger partial charge in [0.15, 0.2) is 0 Å². The van der Waals surface area contributed by atoms with Gasteiger partial charge < -0.3 is 0 Å². The standard InChI is InChI=1S/C19H14F4N2O4S2/c20-17-6-1-2-7-18(17)31(28,29)24-14-8-10-16(11-9-14)30(26,27)25-15-5-3-4-13(12-15)19(21,22)23/h1-12,24-25H. The summed E-state index contributed by atoms with van der Waals surface area (Å²) < 4.78 is 106. The van der Waals surface area contributed by atoms with Crippen LogP contribution in [-0.4, -0.2) is 16.8 Å². The number of sulfonamides is 2. The van der Waals surface area contributed by atoms with Crippen molar-refractivity contribution < 1.29 is 34.4 Å². The van der Waals surface area contributed by atoms with Crippen LogP contribution in [0.3, 0.4) is 0 Å². The number of rotatable bonds is 6. The molecule has 0 aromatic heterocycles. The number of hydrogen-bond acceptors (Lipinski definition) is 4. The van der Waals surface area contributed by atoms with E-state index in [0.717, 1.165) is 54.6 Å². The quantitative estimate of drug-likeness (QED) is 0.517. The highest BCUT2D eigenvalue weighted by Crippen LogP contribution is 2.31. The van der Waals surface area contributed by atoms with E-state index >= 15 is 0 Å². The molecule has 0 heterocycles. The Bertz CT molecular complexity index is 1310. The largest absolute Gasteiger partial charge is 0.416 e. The van der Waals surface area contributed by atoms with Crippen molar-refractivity contribution in [2.75, 3.05) is 9.44 Å². The van der Waals surface area contributed by atoms with E-state index in [4.69, 9.17) is 0 Å². The molecule has 12 heteroatoms. The number of alkyl halides is 3. The molecule has 0 radical (unpaired) electrons. The molecule has 3 rings (SSSR count). The second-order valence-electron chi connectivity index (χ2n) is 6.24. The summed E-state index contributed by atoms with van der Waals surface area (Å²) in [6.07, 6.45) is -4.64. The Hall–Kier alpha value is -3.12. The average Bonchev–Trinajstić information content (AvgIpc) is 2.67. The molecule has 0 fully saturated rings. The second kappa shape index (κ2) is 8.19. The second-order valence-corrected chi connectivity index (χ2v) is 9.58. The van der Waals surface area contributed by atoms with Crippen LogP contribution in [0.25, 0.3) is 0 Å². The molecule has 0 spiro atoms. The van der Waals surface area contributed by atoms with Crippen LogP contribution in [0, 0.1) is 5.82 Å². The SMILES string of the molecule is O=S(=O)(Nc1cccc(C(F)(F)F)c1)c1ccc(NS(=O)(=O)c2ccccc2F)cc1. The van der Waals surface area contributed by atoms with Crippen LogP contribution in [0.5, 0.6) is 0 Å². The van der Waals surface area contributed by atoms with E-state index in [0.29, 0.717) is 6.07 Å². The minimum absolute atomic E-state index is 0.0405. The summed E-state index contributed by atoms with van der Waals surface area (Å²) in [7, 11) is -8.51. The normalized spacial score (nSPS) is 12.4. The van der Waals surface area contributed by atoms with Gasteiger partial charge in [-0.2, -0.15) is 13.2 Å². The van der Waals surface area contributed by atoms with Gasteiger partial charge in [0.05, 0.1) is 10.5 Å². The predicted molar refractivity (Wildman–Crippen MR) is 106 cm³/mol. The molecule has 0 aliphatic heterocycles. The van der Waals surface area contributed by atoms with Gasteiger partial charge >= 0.3 is 6.18 Å². The molecule has 3 aromatic rings. The number of anilines is 2. The van der Waals surface area contributed by atoms with E-state index in [1.807, 2.05) is 4.72 Å². The highest BCUT2D eigenvalue weighted by Gasteiger charge is 2.30. The lowest BCUT2D eigenvalue weighted by molar-refractivity contribution is -0.137. The molecule has 0 saturated carbocycles. The van der Waals surface area contributed by atoms with Gasteiger partial charge in [0.2, 0.25) is 0 Å². The average molecular weight is 474 g/mol. The lowest BCUT2D eigenvalue weighted by Crippen LogP contribution is -2.16. The van der Waals surface area contributed by atoms with Crippen molar-refractivity contribution in [2.45, 2.75) is 16.0 Å². The van der Waals surface area contributed by atoms with Crippen molar-refractivity contribution >= 4 is 31.4 Å². The zero-order valence-corrected chi connectivity index (χ0v) is 17.0. The molecule has 164 valence electrons. The van der Waals surface area contributed by atoms with Crippen molar-refractivity contribution in [1.82, 2.24) is 0 Å². The van der Waals surface area contributed by atoms with Crippen LogP contribution in [-0.2, 0) is 26.2 Å². The molecule has 2 N–H and O–H groups in total. The Morgan fingerprint density at radius 3 is 1.90 bits per heavy atom. The first-order chi connectivity index (χ1) is 14.4. The number of hydrogen-bond donors (Lipinski definition) is 2. The van der Waals surface area contributed by atoms with Gasteiger partial charge in [0.1, 0.15) is 10.7 Å². The zero-order chi connectivity index (χ0) is 22.9. The van der Waals surface area contributed by atoms with Crippen molar-refractivity contribution in [3.05, 3.63) is 84.2 Å². The van der Waals surface area contributed by atoms with Crippen LogP contribution in [0.15, 0.2) is 82.6 Å². The maximum absolute atomic E-state index is 13.7. The van der Waals surface area contributed by atoms with E-state index in [9.17, 15) is 34.4 Å². The third-order valence-electron chi connectivity index (χ3n) is 3.99. The summed E-state index contributed by atoms with van der Waals surface area (Å²) in [5.74, 6) is -0.959. The number of nitrogens with one attached hydrogen (secondary N) is 2. The molecular formula is C19H14F4N2O4S2. The molecule has 0 saturated heterocycles. The lowest BCUT2D eigenvalue weighted by atomic mass is 10.2. The topological polar surface area (TPSA) is 92.3 Å². The summed E-state index contributed by atoms with van der Waals surface area (Å²) in [5.41, 5.74) is -1.36. The highest BCUT2D eigenvalue weighted by molar-refractivity contribution is 7.93. The summed E-state index contributed by atoms with van der Waals surface area (Å²) in [4.78, 5) is -0.906. The van der Waals surface area contributed by atoms with Gasteiger partial charge in [-0.3, -0.25) is 9.44 Å². The molecular weight excluding hydrogens is 460 g/mol. The number of halogens is 4. The van der Waals surface area contributed by atoms with Crippen molar-refractivity contribution in [1.29, 1.82) is 0 Å². The van der Waals surface area contributed by atoms with Gasteiger partial charge in [-0.15, -0.1) is 0 Å². The molecule has 3 aromatic carbocycles. The predicted octanol–water partition coefficient (Wildman–Crippen LogP) is 4.45. The van der Waals surface area contributed by atoms with Crippen LogP contribution < -0.4 is 9.44 Å². The van der Waals surface area contributed by atoms with E-state index in [1.54, 1.807) is 0 Å². The molecule has 0 aliphatic rings. The smallest absolute Gasteiger partial charge is 0.280 e. The Labute approximate surface area is 175 Å². The summed E-state index contributed by atoms with van der Waals surface area (Å²) in [6.45, 7) is 0. The molecule has 0 unspecified atom stereocenters. The fourth-order valence-electron chi connectivity index (χ4n) is 2.55. The molecule has 6 nitrogen and oxygen atoms in total. The Morgan fingerprint density at radius 1 is 0.677 bits per heavy atom. The minimum atomic E-state index is -4.64. The minimum Gasteiger partial charge on any atom is -0.280 e. The van der Waals surface area contributed by atoms with Gasteiger partial charge in [0, 0.05) is 11.4 Å². The Balaban J connectivity index is 1.80. The van der Waals surface area contributed by atoms with Gasteiger partial charge in [-0.25, -0.2) is 21.2 Å². The highest BCUT2D eigenvalue weighted by atomic mass is 32.2. The fourth-order valence-corrected chi connectivity index (χ4v) is 4.74. The zero-order valence-electron chi connectivity index (χ0n) is 15.4. The maximum Gasteiger partial charge on any atom is 0.416 e. The van der Waals surface area contributed by atoms with Crippen LogP contribution in [0.2, 0.25) is 0 Å². The third-order valence-corrected chi connectivity index (χ3v) is 6.80. The molecule has 0 atom stereocenters. The Kier molecular flexibility index (Phi) is 5.96. The first-order valence-corrected chi connectivity index (χ1v) is 11.4. The van der Waals surface area contributed by atoms with Gasteiger partial charge in [-0.1, -0.05) is 18.2 Å². The monoisotopic (exact) mass is 474 g/mol. The molecule has 0 aliphatic carbocycles. The van der Waals surface area contributed by atoms with Crippen LogP contribution in [0.1, 0.15) is 5.56 Å². The summed E-state index contributed by atoms with van der Waals surface area (Å²) in [5, 5.41) is 0. The third kappa shape index (κ3) is 5.33. The first-order valence-electron chi connectivity index (χ1n) is 8.46. The molecule has 31 heavy (non-hydrogen) atoms. The Morgan fingerprint density at radius 2 is 1.29 bits per heavy atom. The van der Waals surface area contributed by atoms with Crippen LogP contribution >= 0.6 is 0 Å². The van der Waals surface area contributed by atoms with Crippen molar-refractivity contribution in [3.63, 3.8) is 0 Å². The van der Waals surface area contributed by atoms with E-state index in [-0.39, 0.29) is 16.3 Å². The van der Waals surface area contributed by atoms with Gasteiger partial charge in [-0.05, 0) is 54.6 Å². The summed E-state index contributed by atoms with van der Waals surface area (Å²) in [6, 6.07) is 12.7. The maximum atomic E-state index is 13.7. The van der Waals surface area contributed by atoms with Gasteiger partial charge in [0.25, 0.3) is 20.0 Å². The number of benzene rings is 3. The van der Waals surface area contributed by atoms with Crippen LogP contribution in [0.4, 0.5) is 28.9 Å². The van der Waals surface area contributed by atoms with Crippen molar-refractivity contribution in [3.8, 4) is 0 Å². The molecule has 0 bridgehead atoms. The lowest BCUT2D eigenvalue weighted by Gasteiger charge is -2.12. The fraction of sp³-hybridized carbons (Fsp3) is 0.0526. The first kappa shape index (κ1) is 22.6.